The van der Waals surface area contributed by atoms with Gasteiger partial charge in [-0.3, -0.25) is 24.6 Å². The molecule has 3 heterocycles. The van der Waals surface area contributed by atoms with Crippen molar-refractivity contribution in [3.05, 3.63) is 35.5 Å². The van der Waals surface area contributed by atoms with Gasteiger partial charge in [0.05, 0.1) is 5.56 Å². The second-order valence-electron chi connectivity index (χ2n) is 5.64. The van der Waals surface area contributed by atoms with E-state index in [1.807, 2.05) is 19.1 Å². The topological polar surface area (TPSA) is 79.4 Å². The Balaban J connectivity index is 1.89. The lowest BCUT2D eigenvalue weighted by molar-refractivity contribution is -0.134. The standard InChI is InChI=1S/C16H13N3O3/c1-8-7-17-14-13-9(8)3-2-4-10(13)16(22)19(14)11-5-6-12(20)18-15(11)21/h2-4,7,11H,5-6H2,1H3,(H,18,20,21). The number of aryl methyl sites for hydroxylation is 1. The third-order valence-corrected chi connectivity index (χ3v) is 4.29. The van der Waals surface area contributed by atoms with Gasteiger partial charge in [-0.1, -0.05) is 12.1 Å². The lowest BCUT2D eigenvalue weighted by Gasteiger charge is -2.29. The van der Waals surface area contributed by atoms with Crippen molar-refractivity contribution < 1.29 is 14.4 Å². The van der Waals surface area contributed by atoms with Crippen LogP contribution in [0.25, 0.3) is 10.8 Å². The van der Waals surface area contributed by atoms with E-state index in [0.29, 0.717) is 17.8 Å². The number of pyridine rings is 1. The molecule has 1 aromatic heterocycles. The molecule has 1 fully saturated rings. The molecule has 1 aromatic carbocycles. The number of nitrogens with one attached hydrogen (secondary N) is 1. The van der Waals surface area contributed by atoms with E-state index < -0.39 is 11.9 Å². The average molecular weight is 295 g/mol. The summed E-state index contributed by atoms with van der Waals surface area (Å²) in [7, 11) is 0. The molecule has 6 nitrogen and oxygen atoms in total. The normalized spacial score (nSPS) is 20.7. The lowest BCUT2D eigenvalue weighted by Crippen LogP contribution is -2.53. The zero-order valence-corrected chi connectivity index (χ0v) is 11.9. The summed E-state index contributed by atoms with van der Waals surface area (Å²) in [5.74, 6) is -0.454. The third-order valence-electron chi connectivity index (χ3n) is 4.29. The molecule has 22 heavy (non-hydrogen) atoms. The Morgan fingerprint density at radius 1 is 1.27 bits per heavy atom. The molecular weight excluding hydrogens is 282 g/mol. The fraction of sp³-hybridized carbons (Fsp3) is 0.250. The molecule has 2 aliphatic rings. The molecule has 1 saturated heterocycles. The SMILES string of the molecule is Cc1cnc2c3c(cccc13)C(=O)N2C1CCC(=O)NC1=O. The number of imide groups is 1. The molecule has 0 spiro atoms. The summed E-state index contributed by atoms with van der Waals surface area (Å²) in [4.78, 5) is 42.0. The minimum atomic E-state index is -0.684. The molecule has 6 heteroatoms. The summed E-state index contributed by atoms with van der Waals surface area (Å²) in [6, 6.07) is 4.85. The number of amides is 3. The van der Waals surface area contributed by atoms with Crippen molar-refractivity contribution in [1.82, 2.24) is 10.3 Å². The van der Waals surface area contributed by atoms with Gasteiger partial charge in [0.2, 0.25) is 11.8 Å². The van der Waals surface area contributed by atoms with Crippen molar-refractivity contribution in [1.29, 1.82) is 0 Å². The summed E-state index contributed by atoms with van der Waals surface area (Å²) in [6.45, 7) is 1.94. The van der Waals surface area contributed by atoms with Crippen LogP contribution in [0.1, 0.15) is 28.8 Å². The zero-order chi connectivity index (χ0) is 15.4. The number of hydrogen-bond donors (Lipinski definition) is 1. The van der Waals surface area contributed by atoms with Crippen molar-refractivity contribution in [3.63, 3.8) is 0 Å². The van der Waals surface area contributed by atoms with E-state index in [1.54, 1.807) is 12.3 Å². The highest BCUT2D eigenvalue weighted by Crippen LogP contribution is 2.38. The Labute approximate surface area is 126 Å². The van der Waals surface area contributed by atoms with Gasteiger partial charge in [0.1, 0.15) is 11.9 Å². The minimum Gasteiger partial charge on any atom is -0.295 e. The van der Waals surface area contributed by atoms with Gasteiger partial charge >= 0.3 is 0 Å². The first-order valence-corrected chi connectivity index (χ1v) is 7.13. The van der Waals surface area contributed by atoms with E-state index in [2.05, 4.69) is 10.3 Å². The number of carbonyl (C=O) groups is 3. The molecule has 0 radical (unpaired) electrons. The van der Waals surface area contributed by atoms with Crippen LogP contribution >= 0.6 is 0 Å². The van der Waals surface area contributed by atoms with Gasteiger partial charge in [0.25, 0.3) is 5.91 Å². The highest BCUT2D eigenvalue weighted by Gasteiger charge is 2.41. The van der Waals surface area contributed by atoms with Gasteiger partial charge in [-0.25, -0.2) is 4.98 Å². The smallest absolute Gasteiger partial charge is 0.260 e. The molecule has 2 aliphatic heterocycles. The summed E-state index contributed by atoms with van der Waals surface area (Å²) in [5, 5.41) is 4.05. The fourth-order valence-electron chi connectivity index (χ4n) is 3.22. The first kappa shape index (κ1) is 12.9. The Morgan fingerprint density at radius 2 is 2.09 bits per heavy atom. The Bertz CT molecular complexity index is 859. The molecule has 1 unspecified atom stereocenters. The maximum Gasteiger partial charge on any atom is 0.260 e. The van der Waals surface area contributed by atoms with E-state index in [4.69, 9.17) is 0 Å². The summed E-state index contributed by atoms with van der Waals surface area (Å²) < 4.78 is 0. The summed E-state index contributed by atoms with van der Waals surface area (Å²) >= 11 is 0. The molecule has 1 atom stereocenters. The van der Waals surface area contributed by atoms with E-state index in [-0.39, 0.29) is 18.2 Å². The molecule has 0 bridgehead atoms. The Kier molecular flexibility index (Phi) is 2.57. The van der Waals surface area contributed by atoms with E-state index >= 15 is 0 Å². The van der Waals surface area contributed by atoms with Gasteiger partial charge in [0.15, 0.2) is 0 Å². The van der Waals surface area contributed by atoms with Crippen LogP contribution in [0.5, 0.6) is 0 Å². The third kappa shape index (κ3) is 1.60. The van der Waals surface area contributed by atoms with Crippen molar-refractivity contribution in [3.8, 4) is 0 Å². The predicted molar refractivity (Wildman–Crippen MR) is 79.5 cm³/mol. The van der Waals surface area contributed by atoms with Crippen LogP contribution in [0.3, 0.4) is 0 Å². The molecule has 0 saturated carbocycles. The van der Waals surface area contributed by atoms with Gasteiger partial charge in [-0.15, -0.1) is 0 Å². The molecule has 110 valence electrons. The summed E-state index contributed by atoms with van der Waals surface area (Å²) in [5.41, 5.74) is 1.55. The lowest BCUT2D eigenvalue weighted by atomic mass is 10.0. The summed E-state index contributed by atoms with van der Waals surface area (Å²) in [6.07, 6.45) is 2.26. The van der Waals surface area contributed by atoms with Crippen molar-refractivity contribution in [2.45, 2.75) is 25.8 Å². The zero-order valence-electron chi connectivity index (χ0n) is 11.9. The number of benzene rings is 1. The fourth-order valence-corrected chi connectivity index (χ4v) is 3.22. The average Bonchev–Trinajstić information content (AvgIpc) is 2.78. The highest BCUT2D eigenvalue weighted by atomic mass is 16.2. The number of aromatic nitrogens is 1. The second kappa shape index (κ2) is 4.37. The monoisotopic (exact) mass is 295 g/mol. The quantitative estimate of drug-likeness (QED) is 0.804. The van der Waals surface area contributed by atoms with Gasteiger partial charge in [0, 0.05) is 18.0 Å². The molecule has 3 amide bonds. The number of carbonyl (C=O) groups excluding carboxylic acids is 3. The predicted octanol–water partition coefficient (Wildman–Crippen LogP) is 1.31. The van der Waals surface area contributed by atoms with Gasteiger partial charge in [-0.05, 0) is 30.4 Å². The molecule has 1 N–H and O–H groups in total. The van der Waals surface area contributed by atoms with Crippen LogP contribution in [0, 0.1) is 6.92 Å². The van der Waals surface area contributed by atoms with Gasteiger partial charge in [-0.2, -0.15) is 0 Å². The first-order chi connectivity index (χ1) is 10.6. The molecule has 2 aromatic rings. The minimum absolute atomic E-state index is 0.228. The van der Waals surface area contributed by atoms with Gasteiger partial charge < -0.3 is 0 Å². The van der Waals surface area contributed by atoms with Crippen LogP contribution in [-0.4, -0.2) is 28.7 Å². The maximum absolute atomic E-state index is 12.7. The molecule has 4 rings (SSSR count). The number of hydrogen-bond acceptors (Lipinski definition) is 4. The second-order valence-corrected chi connectivity index (χ2v) is 5.64. The first-order valence-electron chi connectivity index (χ1n) is 7.13. The van der Waals surface area contributed by atoms with Crippen molar-refractivity contribution in [2.75, 3.05) is 4.90 Å². The molecule has 0 aliphatic carbocycles. The van der Waals surface area contributed by atoms with Crippen LogP contribution in [0.2, 0.25) is 0 Å². The number of piperidine rings is 1. The van der Waals surface area contributed by atoms with E-state index in [1.165, 1.54) is 4.90 Å². The Morgan fingerprint density at radius 3 is 2.86 bits per heavy atom. The molecular formula is C16H13N3O3. The van der Waals surface area contributed by atoms with Crippen LogP contribution in [0.15, 0.2) is 24.4 Å². The number of rotatable bonds is 1. The van der Waals surface area contributed by atoms with E-state index in [9.17, 15) is 14.4 Å². The maximum atomic E-state index is 12.7. The largest absolute Gasteiger partial charge is 0.295 e. The number of nitrogens with zero attached hydrogens (tertiary/aromatic N) is 2. The van der Waals surface area contributed by atoms with E-state index in [0.717, 1.165) is 16.3 Å². The van der Waals surface area contributed by atoms with Crippen molar-refractivity contribution >= 4 is 34.3 Å². The number of anilines is 1. The van der Waals surface area contributed by atoms with Crippen LogP contribution in [0.4, 0.5) is 5.82 Å². The van der Waals surface area contributed by atoms with Crippen LogP contribution < -0.4 is 10.2 Å². The Hall–Kier alpha value is -2.76. The van der Waals surface area contributed by atoms with Crippen LogP contribution in [-0.2, 0) is 9.59 Å². The van der Waals surface area contributed by atoms with Crippen molar-refractivity contribution in [2.24, 2.45) is 0 Å². The highest BCUT2D eigenvalue weighted by molar-refractivity contribution is 6.26.